The minimum atomic E-state index is -0.112. The van der Waals surface area contributed by atoms with E-state index in [1.54, 1.807) is 42.3 Å². The number of hydrogen-bond donors (Lipinski definition) is 1. The van der Waals surface area contributed by atoms with E-state index in [-0.39, 0.29) is 5.91 Å². The molecule has 0 saturated heterocycles. The van der Waals surface area contributed by atoms with E-state index in [0.29, 0.717) is 11.3 Å². The average Bonchev–Trinajstić information content (AvgIpc) is 2.81. The van der Waals surface area contributed by atoms with Crippen LogP contribution in [0.1, 0.15) is 10.4 Å². The maximum Gasteiger partial charge on any atom is 0.261 e. The highest BCUT2D eigenvalue weighted by molar-refractivity contribution is 6.05. The number of carbonyl (C=O) groups is 1. The number of hydrogen-bond acceptors (Lipinski definition) is 3. The second-order valence-corrected chi connectivity index (χ2v) is 3.47. The van der Waals surface area contributed by atoms with Crippen LogP contribution in [0, 0.1) is 0 Å². The van der Waals surface area contributed by atoms with E-state index >= 15 is 0 Å². The first kappa shape index (κ1) is 10.3. The van der Waals surface area contributed by atoms with Crippen LogP contribution in [0.25, 0.3) is 0 Å². The van der Waals surface area contributed by atoms with Crippen LogP contribution in [0.15, 0.2) is 47.3 Å². The molecule has 0 unspecified atom stereocenters. The minimum Gasteiger partial charge on any atom is -0.472 e. The smallest absolute Gasteiger partial charge is 0.261 e. The zero-order valence-electron chi connectivity index (χ0n) is 8.88. The fourth-order valence-corrected chi connectivity index (χ4v) is 1.39. The van der Waals surface area contributed by atoms with Crippen molar-refractivity contribution in [2.75, 3.05) is 17.7 Å². The number of nitrogens with two attached hydrogens (primary N) is 1. The van der Waals surface area contributed by atoms with E-state index in [1.807, 2.05) is 0 Å². The van der Waals surface area contributed by atoms with Crippen LogP contribution >= 0.6 is 0 Å². The van der Waals surface area contributed by atoms with Gasteiger partial charge in [-0.1, -0.05) is 0 Å². The fraction of sp³-hybridized carbons (Fsp3) is 0.0833. The molecule has 2 rings (SSSR count). The van der Waals surface area contributed by atoms with E-state index < -0.39 is 0 Å². The number of rotatable bonds is 2. The third-order valence-corrected chi connectivity index (χ3v) is 2.35. The van der Waals surface area contributed by atoms with Crippen LogP contribution in [-0.2, 0) is 0 Å². The summed E-state index contributed by atoms with van der Waals surface area (Å²) in [6.45, 7) is 0. The Balaban J connectivity index is 2.22. The summed E-state index contributed by atoms with van der Waals surface area (Å²) in [4.78, 5) is 13.5. The Kier molecular flexibility index (Phi) is 2.64. The topological polar surface area (TPSA) is 59.5 Å². The standard InChI is InChI=1S/C12H12N2O2/c1-14(11-4-2-10(13)3-5-11)12(15)9-6-7-16-8-9/h2-8H,13H2,1H3. The Morgan fingerprint density at radius 3 is 2.50 bits per heavy atom. The van der Waals surface area contributed by atoms with Crippen molar-refractivity contribution >= 4 is 17.3 Å². The van der Waals surface area contributed by atoms with Gasteiger partial charge in [-0.2, -0.15) is 0 Å². The molecule has 4 heteroatoms. The lowest BCUT2D eigenvalue weighted by molar-refractivity contribution is 0.0992. The van der Waals surface area contributed by atoms with Crippen LogP contribution < -0.4 is 10.6 Å². The largest absolute Gasteiger partial charge is 0.472 e. The number of carbonyl (C=O) groups excluding carboxylic acids is 1. The summed E-state index contributed by atoms with van der Waals surface area (Å²) < 4.78 is 4.87. The SMILES string of the molecule is CN(C(=O)c1ccoc1)c1ccc(N)cc1. The first-order chi connectivity index (χ1) is 7.68. The van der Waals surface area contributed by atoms with Gasteiger partial charge in [0.25, 0.3) is 5.91 Å². The molecule has 0 aliphatic rings. The zero-order chi connectivity index (χ0) is 11.5. The number of benzene rings is 1. The van der Waals surface area contributed by atoms with Crippen molar-refractivity contribution in [3.05, 3.63) is 48.4 Å². The van der Waals surface area contributed by atoms with Gasteiger partial charge in [0.1, 0.15) is 6.26 Å². The van der Waals surface area contributed by atoms with Crippen LogP contribution in [0.2, 0.25) is 0 Å². The molecule has 0 bridgehead atoms. The lowest BCUT2D eigenvalue weighted by Crippen LogP contribution is -2.25. The maximum absolute atomic E-state index is 11.9. The van der Waals surface area contributed by atoms with E-state index in [0.717, 1.165) is 5.69 Å². The molecule has 0 spiro atoms. The monoisotopic (exact) mass is 216 g/mol. The summed E-state index contributed by atoms with van der Waals surface area (Å²) in [6.07, 6.45) is 2.90. The van der Waals surface area contributed by atoms with Gasteiger partial charge in [0.05, 0.1) is 11.8 Å². The molecule has 1 heterocycles. The zero-order valence-corrected chi connectivity index (χ0v) is 8.88. The molecule has 1 amide bonds. The number of amides is 1. The van der Waals surface area contributed by atoms with Crippen molar-refractivity contribution in [1.29, 1.82) is 0 Å². The Morgan fingerprint density at radius 1 is 1.25 bits per heavy atom. The summed E-state index contributed by atoms with van der Waals surface area (Å²) >= 11 is 0. The van der Waals surface area contributed by atoms with Crippen molar-refractivity contribution in [1.82, 2.24) is 0 Å². The van der Waals surface area contributed by atoms with Gasteiger partial charge in [0.2, 0.25) is 0 Å². The summed E-state index contributed by atoms with van der Waals surface area (Å²) in [7, 11) is 1.71. The molecule has 16 heavy (non-hydrogen) atoms. The predicted octanol–water partition coefficient (Wildman–Crippen LogP) is 2.14. The minimum absolute atomic E-state index is 0.112. The van der Waals surface area contributed by atoms with Gasteiger partial charge in [-0.3, -0.25) is 4.79 Å². The van der Waals surface area contributed by atoms with Crippen molar-refractivity contribution in [2.45, 2.75) is 0 Å². The van der Waals surface area contributed by atoms with Gasteiger partial charge in [0, 0.05) is 18.4 Å². The number of furan rings is 1. The molecule has 82 valence electrons. The van der Waals surface area contributed by atoms with Crippen LogP contribution in [-0.4, -0.2) is 13.0 Å². The summed E-state index contributed by atoms with van der Waals surface area (Å²) in [5.41, 5.74) is 7.57. The molecular weight excluding hydrogens is 204 g/mol. The van der Waals surface area contributed by atoms with Crippen LogP contribution in [0.4, 0.5) is 11.4 Å². The van der Waals surface area contributed by atoms with E-state index in [2.05, 4.69) is 0 Å². The quantitative estimate of drug-likeness (QED) is 0.782. The normalized spacial score (nSPS) is 10.1. The third kappa shape index (κ3) is 1.91. The molecule has 0 aliphatic heterocycles. The Bertz CT molecular complexity index is 474. The molecule has 2 aromatic rings. The highest BCUT2D eigenvalue weighted by atomic mass is 16.3. The second-order valence-electron chi connectivity index (χ2n) is 3.47. The van der Waals surface area contributed by atoms with Crippen molar-refractivity contribution in [2.24, 2.45) is 0 Å². The predicted molar refractivity (Wildman–Crippen MR) is 62.3 cm³/mol. The van der Waals surface area contributed by atoms with Crippen LogP contribution in [0.5, 0.6) is 0 Å². The summed E-state index contributed by atoms with van der Waals surface area (Å²) in [6, 6.07) is 8.75. The highest BCUT2D eigenvalue weighted by Gasteiger charge is 2.13. The second kappa shape index (κ2) is 4.10. The molecule has 0 radical (unpaired) electrons. The van der Waals surface area contributed by atoms with Crippen molar-refractivity contribution in [3.63, 3.8) is 0 Å². The Hall–Kier alpha value is -2.23. The summed E-state index contributed by atoms with van der Waals surface area (Å²) in [5, 5.41) is 0. The summed E-state index contributed by atoms with van der Waals surface area (Å²) in [5.74, 6) is -0.112. The van der Waals surface area contributed by atoms with Gasteiger partial charge < -0.3 is 15.1 Å². The van der Waals surface area contributed by atoms with Gasteiger partial charge in [-0.15, -0.1) is 0 Å². The van der Waals surface area contributed by atoms with Gasteiger partial charge in [0.15, 0.2) is 0 Å². The Labute approximate surface area is 93.3 Å². The van der Waals surface area contributed by atoms with E-state index in [9.17, 15) is 4.79 Å². The molecule has 0 aliphatic carbocycles. The van der Waals surface area contributed by atoms with Gasteiger partial charge >= 0.3 is 0 Å². The van der Waals surface area contributed by atoms with E-state index in [4.69, 9.17) is 10.2 Å². The van der Waals surface area contributed by atoms with Crippen LogP contribution in [0.3, 0.4) is 0 Å². The van der Waals surface area contributed by atoms with Gasteiger partial charge in [-0.05, 0) is 30.3 Å². The first-order valence-electron chi connectivity index (χ1n) is 4.84. The van der Waals surface area contributed by atoms with Crippen molar-refractivity contribution in [3.8, 4) is 0 Å². The molecule has 0 atom stereocenters. The molecule has 1 aromatic carbocycles. The van der Waals surface area contributed by atoms with Crippen molar-refractivity contribution < 1.29 is 9.21 Å². The first-order valence-corrected chi connectivity index (χ1v) is 4.84. The third-order valence-electron chi connectivity index (χ3n) is 2.35. The number of nitrogens with zero attached hydrogens (tertiary/aromatic N) is 1. The molecular formula is C12H12N2O2. The molecule has 2 N–H and O–H groups in total. The maximum atomic E-state index is 11.9. The highest BCUT2D eigenvalue weighted by Crippen LogP contribution is 2.17. The molecule has 4 nitrogen and oxygen atoms in total. The fourth-order valence-electron chi connectivity index (χ4n) is 1.39. The van der Waals surface area contributed by atoms with Gasteiger partial charge in [-0.25, -0.2) is 0 Å². The number of anilines is 2. The Morgan fingerprint density at radius 2 is 1.94 bits per heavy atom. The molecule has 0 saturated carbocycles. The lowest BCUT2D eigenvalue weighted by atomic mass is 10.2. The number of nitrogen functional groups attached to an aromatic ring is 1. The average molecular weight is 216 g/mol. The molecule has 1 aromatic heterocycles. The lowest BCUT2D eigenvalue weighted by Gasteiger charge is -2.16. The van der Waals surface area contributed by atoms with E-state index in [1.165, 1.54) is 12.5 Å². The molecule has 0 fully saturated rings.